The Morgan fingerprint density at radius 1 is 1.21 bits per heavy atom. The molecule has 6 nitrogen and oxygen atoms in total. The van der Waals surface area contributed by atoms with Crippen LogP contribution in [0, 0.1) is 5.82 Å². The second kappa shape index (κ2) is 9.69. The number of benzene rings is 1. The number of rotatable bonds is 8. The van der Waals surface area contributed by atoms with Crippen LogP contribution in [-0.4, -0.2) is 45.9 Å². The Labute approximate surface area is 176 Å². The van der Waals surface area contributed by atoms with E-state index in [0.717, 1.165) is 10.4 Å². The van der Waals surface area contributed by atoms with Crippen molar-refractivity contribution in [2.24, 2.45) is 4.99 Å². The Morgan fingerprint density at radius 2 is 1.93 bits per heavy atom. The lowest BCUT2D eigenvalue weighted by Gasteiger charge is -2.26. The number of nitrogens with one attached hydrogen (secondary N) is 2. The van der Waals surface area contributed by atoms with Crippen LogP contribution >= 0.6 is 11.3 Å². The van der Waals surface area contributed by atoms with Crippen molar-refractivity contribution < 1.29 is 12.8 Å². The van der Waals surface area contributed by atoms with Crippen molar-refractivity contribution in [2.75, 3.05) is 27.2 Å². The summed E-state index contributed by atoms with van der Waals surface area (Å²) in [7, 11) is -0.398. The second-order valence-electron chi connectivity index (χ2n) is 7.45. The van der Waals surface area contributed by atoms with E-state index < -0.39 is 10.0 Å². The van der Waals surface area contributed by atoms with E-state index in [4.69, 9.17) is 0 Å². The van der Waals surface area contributed by atoms with Gasteiger partial charge in [-0.2, -0.15) is 0 Å². The summed E-state index contributed by atoms with van der Waals surface area (Å²) in [5, 5.41) is 6.49. The highest BCUT2D eigenvalue weighted by Gasteiger charge is 2.22. The quantitative estimate of drug-likeness (QED) is 0.488. The molecule has 0 bridgehead atoms. The van der Waals surface area contributed by atoms with Crippen molar-refractivity contribution in [3.8, 4) is 0 Å². The van der Waals surface area contributed by atoms with Crippen molar-refractivity contribution in [3.63, 3.8) is 0 Å². The van der Waals surface area contributed by atoms with Crippen molar-refractivity contribution in [3.05, 3.63) is 52.7 Å². The first-order valence-corrected chi connectivity index (χ1v) is 11.6. The predicted octanol–water partition coefficient (Wildman–Crippen LogP) is 3.17. The highest BCUT2D eigenvalue weighted by molar-refractivity contribution is 7.91. The van der Waals surface area contributed by atoms with Crippen molar-refractivity contribution in [1.82, 2.24) is 14.9 Å². The summed E-state index contributed by atoms with van der Waals surface area (Å²) < 4.78 is 39.5. The Kier molecular flexibility index (Phi) is 7.79. The zero-order chi connectivity index (χ0) is 21.7. The number of aliphatic imine (C=N–C) groups is 1. The molecular formula is C20H29FN4O2S2. The standard InChI is InChI=1S/C20H29FN4O2S2/c1-6-22-19(24-14-20(2,3)15-8-7-9-16(21)12-15)23-13-17-10-11-18(28-17)29(26,27)25(4)5/h7-12H,6,13-14H2,1-5H3,(H2,22,23,24). The fourth-order valence-corrected chi connectivity index (χ4v) is 5.03. The lowest BCUT2D eigenvalue weighted by atomic mass is 9.84. The summed E-state index contributed by atoms with van der Waals surface area (Å²) in [6.45, 7) is 7.67. The van der Waals surface area contributed by atoms with Gasteiger partial charge < -0.3 is 10.6 Å². The highest BCUT2D eigenvalue weighted by atomic mass is 32.2. The van der Waals surface area contributed by atoms with E-state index in [0.29, 0.717) is 29.8 Å². The highest BCUT2D eigenvalue weighted by Crippen LogP contribution is 2.25. The van der Waals surface area contributed by atoms with E-state index in [1.807, 2.05) is 26.8 Å². The molecule has 0 aliphatic heterocycles. The van der Waals surface area contributed by atoms with Gasteiger partial charge in [0.05, 0.1) is 6.54 Å². The van der Waals surface area contributed by atoms with Crippen molar-refractivity contribution >= 4 is 27.3 Å². The summed E-state index contributed by atoms with van der Waals surface area (Å²) in [6.07, 6.45) is 0. The molecule has 2 aromatic rings. The molecule has 160 valence electrons. The van der Waals surface area contributed by atoms with Crippen LogP contribution < -0.4 is 10.6 Å². The lowest BCUT2D eigenvalue weighted by molar-refractivity contribution is 0.503. The summed E-state index contributed by atoms with van der Waals surface area (Å²) in [5.41, 5.74) is 0.603. The first-order valence-electron chi connectivity index (χ1n) is 9.35. The Hall–Kier alpha value is -1.97. The second-order valence-corrected chi connectivity index (χ2v) is 11.0. The maximum atomic E-state index is 13.6. The third-order valence-corrected chi connectivity index (χ3v) is 7.77. The molecule has 2 rings (SSSR count). The maximum Gasteiger partial charge on any atom is 0.252 e. The van der Waals surface area contributed by atoms with Crippen LogP contribution in [0.25, 0.3) is 0 Å². The van der Waals surface area contributed by atoms with Crippen LogP contribution in [0.2, 0.25) is 0 Å². The van der Waals surface area contributed by atoms with E-state index in [9.17, 15) is 12.8 Å². The van der Waals surface area contributed by atoms with Gasteiger partial charge in [-0.05, 0) is 36.8 Å². The molecule has 0 spiro atoms. The molecule has 0 aliphatic carbocycles. The fraction of sp³-hybridized carbons (Fsp3) is 0.450. The average Bonchev–Trinajstić information content (AvgIpc) is 3.14. The zero-order valence-corrected chi connectivity index (χ0v) is 19.1. The monoisotopic (exact) mass is 440 g/mol. The molecular weight excluding hydrogens is 411 g/mol. The minimum atomic E-state index is -3.43. The normalized spacial score (nSPS) is 13.0. The molecule has 9 heteroatoms. The van der Waals surface area contributed by atoms with Gasteiger partial charge in [0, 0.05) is 37.5 Å². The molecule has 2 N–H and O–H groups in total. The topological polar surface area (TPSA) is 73.8 Å². The van der Waals surface area contributed by atoms with E-state index in [2.05, 4.69) is 15.6 Å². The first kappa shape index (κ1) is 23.3. The molecule has 0 aliphatic rings. The molecule has 0 saturated heterocycles. The molecule has 0 saturated carbocycles. The fourth-order valence-electron chi connectivity index (χ4n) is 2.58. The minimum Gasteiger partial charge on any atom is -0.357 e. The van der Waals surface area contributed by atoms with Gasteiger partial charge in [0.25, 0.3) is 10.0 Å². The summed E-state index contributed by atoms with van der Waals surface area (Å²) >= 11 is 1.22. The number of halogens is 1. The lowest BCUT2D eigenvalue weighted by Crippen LogP contribution is -2.43. The molecule has 0 amide bonds. The largest absolute Gasteiger partial charge is 0.357 e. The Bertz CT molecular complexity index is 953. The molecule has 29 heavy (non-hydrogen) atoms. The van der Waals surface area contributed by atoms with Gasteiger partial charge >= 0.3 is 0 Å². The summed E-state index contributed by atoms with van der Waals surface area (Å²) in [5.74, 6) is 0.375. The number of hydrogen-bond acceptors (Lipinski definition) is 4. The number of nitrogens with zero attached hydrogens (tertiary/aromatic N) is 2. The molecule has 0 unspecified atom stereocenters. The van der Waals surface area contributed by atoms with Crippen molar-refractivity contribution in [1.29, 1.82) is 0 Å². The third kappa shape index (κ3) is 6.25. The van der Waals surface area contributed by atoms with Gasteiger partial charge in [-0.3, -0.25) is 0 Å². The van der Waals surface area contributed by atoms with Gasteiger partial charge in [-0.25, -0.2) is 22.1 Å². The summed E-state index contributed by atoms with van der Waals surface area (Å²) in [6, 6.07) is 9.99. The van der Waals surface area contributed by atoms with Crippen LogP contribution in [0.1, 0.15) is 31.2 Å². The SMILES string of the molecule is CCNC(=NCc1ccc(S(=O)(=O)N(C)C)s1)NCC(C)(C)c1cccc(F)c1. The maximum absolute atomic E-state index is 13.6. The zero-order valence-electron chi connectivity index (χ0n) is 17.5. The molecule has 0 radical (unpaired) electrons. The molecule has 1 aromatic carbocycles. The van der Waals surface area contributed by atoms with Crippen molar-refractivity contribution in [2.45, 2.75) is 36.9 Å². The molecule has 0 fully saturated rings. The van der Waals surface area contributed by atoms with Crippen LogP contribution in [0.15, 0.2) is 45.6 Å². The van der Waals surface area contributed by atoms with E-state index in [-0.39, 0.29) is 11.2 Å². The van der Waals surface area contributed by atoms with Gasteiger partial charge in [0.2, 0.25) is 0 Å². The Balaban J connectivity index is 2.08. The van der Waals surface area contributed by atoms with E-state index in [1.165, 1.54) is 35.8 Å². The van der Waals surface area contributed by atoms with Crippen LogP contribution in [0.3, 0.4) is 0 Å². The molecule has 0 atom stereocenters. The average molecular weight is 441 g/mol. The number of thiophene rings is 1. The van der Waals surface area contributed by atoms with Crippen LogP contribution in [0.4, 0.5) is 4.39 Å². The predicted molar refractivity (Wildman–Crippen MR) is 117 cm³/mol. The Morgan fingerprint density at radius 3 is 2.55 bits per heavy atom. The number of hydrogen-bond donors (Lipinski definition) is 2. The third-order valence-electron chi connectivity index (χ3n) is 4.41. The molecule has 1 heterocycles. The van der Waals surface area contributed by atoms with Gasteiger partial charge in [-0.1, -0.05) is 26.0 Å². The minimum absolute atomic E-state index is 0.252. The smallest absolute Gasteiger partial charge is 0.252 e. The van der Waals surface area contributed by atoms with Crippen LogP contribution in [-0.2, 0) is 22.0 Å². The summed E-state index contributed by atoms with van der Waals surface area (Å²) in [4.78, 5) is 5.41. The van der Waals surface area contributed by atoms with Crippen LogP contribution in [0.5, 0.6) is 0 Å². The van der Waals surface area contributed by atoms with E-state index >= 15 is 0 Å². The van der Waals surface area contributed by atoms with Gasteiger partial charge in [0.15, 0.2) is 5.96 Å². The molecule has 1 aromatic heterocycles. The van der Waals surface area contributed by atoms with Gasteiger partial charge in [-0.15, -0.1) is 11.3 Å². The van der Waals surface area contributed by atoms with E-state index in [1.54, 1.807) is 24.3 Å². The number of sulfonamides is 1. The first-order chi connectivity index (χ1) is 13.6. The number of guanidine groups is 1. The van der Waals surface area contributed by atoms with Gasteiger partial charge in [0.1, 0.15) is 10.0 Å².